The largest absolute Gasteiger partial charge is 0.435 e. The molecule has 222 valence electrons. The van der Waals surface area contributed by atoms with Crippen molar-refractivity contribution in [2.45, 2.75) is 24.2 Å². The van der Waals surface area contributed by atoms with Crippen molar-refractivity contribution in [1.29, 1.82) is 5.26 Å². The Labute approximate surface area is 238 Å². The van der Waals surface area contributed by atoms with Crippen LogP contribution in [-0.4, -0.2) is 31.2 Å². The molecule has 0 unspecified atom stereocenters. The number of hydrogen-bond acceptors (Lipinski definition) is 3. The first-order chi connectivity index (χ1) is 19.3. The SMILES string of the molecule is CNC(=O)c1cccc(NC(=O)c2cccc(C#N)c2)c1-c1c(Br)cc(C(F)(C(F)(F)F)C(F)(F)F)cc1C(F)(F)F. The summed E-state index contributed by atoms with van der Waals surface area (Å²) in [6.45, 7) is 0. The van der Waals surface area contributed by atoms with Crippen molar-refractivity contribution in [1.82, 2.24) is 5.32 Å². The molecule has 0 fully saturated rings. The summed E-state index contributed by atoms with van der Waals surface area (Å²) < 4.78 is 137. The van der Waals surface area contributed by atoms with E-state index in [0.29, 0.717) is 0 Å². The van der Waals surface area contributed by atoms with Gasteiger partial charge in [-0.1, -0.05) is 28.1 Å². The highest BCUT2D eigenvalue weighted by molar-refractivity contribution is 9.10. The van der Waals surface area contributed by atoms with Crippen LogP contribution in [-0.2, 0) is 11.8 Å². The van der Waals surface area contributed by atoms with Gasteiger partial charge in [-0.3, -0.25) is 9.59 Å². The van der Waals surface area contributed by atoms with Crippen LogP contribution < -0.4 is 10.6 Å². The van der Waals surface area contributed by atoms with Crippen LogP contribution in [0.15, 0.2) is 59.1 Å². The number of nitrogens with zero attached hydrogens (tertiary/aromatic N) is 1. The fourth-order valence-electron chi connectivity index (χ4n) is 3.95. The van der Waals surface area contributed by atoms with E-state index in [9.17, 15) is 53.5 Å². The number of rotatable bonds is 5. The molecule has 0 aliphatic heterocycles. The Kier molecular flexibility index (Phi) is 8.69. The Morgan fingerprint density at radius 1 is 0.810 bits per heavy atom. The minimum Gasteiger partial charge on any atom is -0.355 e. The lowest BCUT2D eigenvalue weighted by molar-refractivity contribution is -0.348. The maximum absolute atomic E-state index is 14.8. The fraction of sp³-hybridized carbons (Fsp3) is 0.192. The number of halogens is 11. The van der Waals surface area contributed by atoms with E-state index in [2.05, 4.69) is 26.6 Å². The number of anilines is 1. The number of carbonyl (C=O) groups is 2. The minimum atomic E-state index is -6.72. The monoisotopic (exact) mass is 669 g/mol. The minimum absolute atomic E-state index is 0.0312. The Bertz CT molecular complexity index is 1580. The second-order valence-corrected chi connectivity index (χ2v) is 9.34. The standard InChI is InChI=1S/C26H14BrF10N3O2/c1-39-22(42)15-6-3-7-18(40-21(41)13-5-2-4-12(8-13)11-38)19(15)20-16(24(29,30)31)9-14(10-17(20)27)23(28,25(32,33)34)26(35,36)37/h2-10H,1H3,(H,39,42)(H,40,41). The summed E-state index contributed by atoms with van der Waals surface area (Å²) >= 11 is 2.54. The molecule has 0 spiro atoms. The quantitative estimate of drug-likeness (QED) is 0.271. The van der Waals surface area contributed by atoms with Gasteiger partial charge in [0.15, 0.2) is 0 Å². The highest BCUT2D eigenvalue weighted by Gasteiger charge is 2.73. The lowest BCUT2D eigenvalue weighted by atomic mass is 9.87. The van der Waals surface area contributed by atoms with Gasteiger partial charge >= 0.3 is 24.2 Å². The molecule has 0 radical (unpaired) electrons. The fourth-order valence-corrected chi connectivity index (χ4v) is 4.60. The van der Waals surface area contributed by atoms with E-state index in [1.54, 1.807) is 6.07 Å². The summed E-state index contributed by atoms with van der Waals surface area (Å²) in [5.74, 6) is -2.05. The molecule has 3 rings (SSSR count). The molecule has 2 N–H and O–H groups in total. The van der Waals surface area contributed by atoms with Gasteiger partial charge in [-0.15, -0.1) is 0 Å². The normalized spacial score (nSPS) is 12.5. The molecule has 16 heteroatoms. The van der Waals surface area contributed by atoms with Gasteiger partial charge in [-0.05, 0) is 42.5 Å². The summed E-state index contributed by atoms with van der Waals surface area (Å²) in [4.78, 5) is 25.6. The Morgan fingerprint density at radius 2 is 1.40 bits per heavy atom. The maximum atomic E-state index is 14.8. The molecule has 0 saturated carbocycles. The van der Waals surface area contributed by atoms with Crippen molar-refractivity contribution in [3.8, 4) is 17.2 Å². The second kappa shape index (κ2) is 11.3. The summed E-state index contributed by atoms with van der Waals surface area (Å²) in [6, 6.07) is 9.13. The van der Waals surface area contributed by atoms with Gasteiger partial charge in [0.25, 0.3) is 11.8 Å². The van der Waals surface area contributed by atoms with Gasteiger partial charge in [-0.2, -0.15) is 44.8 Å². The van der Waals surface area contributed by atoms with E-state index in [4.69, 9.17) is 5.26 Å². The van der Waals surface area contributed by atoms with Gasteiger partial charge in [0.1, 0.15) is 0 Å². The number of hydrogen-bond donors (Lipinski definition) is 2. The summed E-state index contributed by atoms with van der Waals surface area (Å²) in [5, 5.41) is 13.4. The molecule has 0 aliphatic rings. The molecule has 3 aromatic carbocycles. The summed E-state index contributed by atoms with van der Waals surface area (Å²) in [5.41, 5.74) is -14.0. The van der Waals surface area contributed by atoms with Crippen LogP contribution in [0.4, 0.5) is 49.6 Å². The van der Waals surface area contributed by atoms with E-state index < -0.39 is 80.1 Å². The number of alkyl halides is 10. The van der Waals surface area contributed by atoms with E-state index in [0.717, 1.165) is 31.3 Å². The summed E-state index contributed by atoms with van der Waals surface area (Å²) in [6.07, 6.45) is -19.1. The van der Waals surface area contributed by atoms with Crippen LogP contribution in [0.1, 0.15) is 37.4 Å². The number of carbonyl (C=O) groups excluding carboxylic acids is 2. The Morgan fingerprint density at radius 3 is 1.93 bits per heavy atom. The topological polar surface area (TPSA) is 82.0 Å². The third kappa shape index (κ3) is 5.91. The van der Waals surface area contributed by atoms with Crippen molar-refractivity contribution in [2.24, 2.45) is 0 Å². The first-order valence-electron chi connectivity index (χ1n) is 11.2. The van der Waals surface area contributed by atoms with Gasteiger partial charge in [0, 0.05) is 45.0 Å². The molecule has 0 heterocycles. The molecular weight excluding hydrogens is 656 g/mol. The van der Waals surface area contributed by atoms with Crippen LogP contribution in [0.5, 0.6) is 0 Å². The van der Waals surface area contributed by atoms with Crippen molar-refractivity contribution in [3.05, 3.63) is 86.9 Å². The first-order valence-corrected chi connectivity index (χ1v) is 12.0. The van der Waals surface area contributed by atoms with Gasteiger partial charge in [0.05, 0.1) is 17.2 Å². The van der Waals surface area contributed by atoms with Crippen LogP contribution in [0.25, 0.3) is 11.1 Å². The average molecular weight is 670 g/mol. The van der Waals surface area contributed by atoms with Crippen molar-refractivity contribution in [3.63, 3.8) is 0 Å². The molecule has 0 aromatic heterocycles. The van der Waals surface area contributed by atoms with Gasteiger partial charge in [-0.25, -0.2) is 4.39 Å². The molecule has 0 bridgehead atoms. The molecule has 5 nitrogen and oxygen atoms in total. The van der Waals surface area contributed by atoms with Crippen molar-refractivity contribution in [2.75, 3.05) is 12.4 Å². The lowest BCUT2D eigenvalue weighted by Crippen LogP contribution is -2.50. The summed E-state index contributed by atoms with van der Waals surface area (Å²) in [7, 11) is 1.08. The number of nitrogens with one attached hydrogen (secondary N) is 2. The van der Waals surface area contributed by atoms with E-state index in [1.165, 1.54) is 18.2 Å². The van der Waals surface area contributed by atoms with E-state index >= 15 is 0 Å². The zero-order valence-electron chi connectivity index (χ0n) is 20.6. The van der Waals surface area contributed by atoms with Crippen molar-refractivity contribution >= 4 is 33.4 Å². The first kappa shape index (κ1) is 32.4. The van der Waals surface area contributed by atoms with Crippen LogP contribution in [0.2, 0.25) is 0 Å². The molecule has 42 heavy (non-hydrogen) atoms. The lowest BCUT2D eigenvalue weighted by Gasteiger charge is -2.31. The molecule has 0 saturated heterocycles. The Balaban J connectivity index is 2.41. The third-order valence-electron chi connectivity index (χ3n) is 5.86. The number of nitriles is 1. The van der Waals surface area contributed by atoms with Crippen molar-refractivity contribution < 1.29 is 53.5 Å². The number of amides is 2. The molecule has 0 aliphatic carbocycles. The zero-order valence-corrected chi connectivity index (χ0v) is 22.2. The smallest absolute Gasteiger partial charge is 0.355 e. The zero-order chi connectivity index (χ0) is 31.8. The highest BCUT2D eigenvalue weighted by Crippen LogP contribution is 2.56. The number of benzene rings is 3. The third-order valence-corrected chi connectivity index (χ3v) is 6.49. The van der Waals surface area contributed by atoms with Gasteiger partial charge < -0.3 is 10.6 Å². The molecule has 3 aromatic rings. The highest BCUT2D eigenvalue weighted by atomic mass is 79.9. The Hall–Kier alpha value is -4.13. The molecule has 0 atom stereocenters. The predicted octanol–water partition coefficient (Wildman–Crippen LogP) is 7.91. The van der Waals surface area contributed by atoms with E-state index in [-0.39, 0.29) is 17.2 Å². The van der Waals surface area contributed by atoms with Crippen LogP contribution >= 0.6 is 15.9 Å². The molecule has 2 amide bonds. The van der Waals surface area contributed by atoms with Gasteiger partial charge in [0.2, 0.25) is 0 Å². The van der Waals surface area contributed by atoms with E-state index in [1.807, 2.05) is 0 Å². The molecular formula is C26H14BrF10N3O2. The second-order valence-electron chi connectivity index (χ2n) is 8.49. The average Bonchev–Trinajstić information content (AvgIpc) is 2.90. The predicted molar refractivity (Wildman–Crippen MR) is 132 cm³/mol. The maximum Gasteiger partial charge on any atom is 0.435 e. The van der Waals surface area contributed by atoms with Crippen LogP contribution in [0.3, 0.4) is 0 Å². The van der Waals surface area contributed by atoms with Crippen LogP contribution in [0, 0.1) is 11.3 Å².